The highest BCUT2D eigenvalue weighted by Crippen LogP contribution is 2.41. The van der Waals surface area contributed by atoms with E-state index in [1.165, 1.54) is 13.8 Å². The highest BCUT2D eigenvalue weighted by molar-refractivity contribution is 7.71. The van der Waals surface area contributed by atoms with Crippen molar-refractivity contribution in [1.29, 1.82) is 5.26 Å². The molecule has 44 heavy (non-hydrogen) atoms. The van der Waals surface area contributed by atoms with E-state index in [2.05, 4.69) is 6.07 Å². The van der Waals surface area contributed by atoms with Gasteiger partial charge in [-0.05, 0) is 48.9 Å². The normalized spacial score (nSPS) is 22.5. The maximum absolute atomic E-state index is 12.4. The average molecular weight is 627 g/mol. The predicted molar refractivity (Wildman–Crippen MR) is 156 cm³/mol. The van der Waals surface area contributed by atoms with Crippen molar-refractivity contribution >= 4 is 36.1 Å². The smallest absolute Gasteiger partial charge is 0.303 e. The monoisotopic (exact) mass is 626 g/mol. The van der Waals surface area contributed by atoms with Crippen LogP contribution >= 0.6 is 12.2 Å². The number of methoxy groups -OCH3 is 1. The van der Waals surface area contributed by atoms with Crippen LogP contribution < -0.4 is 4.74 Å². The zero-order valence-electron chi connectivity index (χ0n) is 25.1. The van der Waals surface area contributed by atoms with Gasteiger partial charge >= 0.3 is 23.9 Å². The van der Waals surface area contributed by atoms with Crippen LogP contribution in [0.1, 0.15) is 63.6 Å². The maximum atomic E-state index is 12.4. The standard InChI is InChI=1S/C31H34N2O10S/c1-16(34)39-15-25-27(40-17(2)35)28(41-18(3)36)29(42-19(4)37)30(43-25)33-24-9-7-6-8-22(24)26(23(14-32)31(33)44)20-10-12-21(38-5)13-11-20/h10-13,25,27-30H,6-9,15H2,1-5H3/t25-,27-,28-,29-,30+/m0/s1. The number of esters is 4. The molecule has 2 heterocycles. The fourth-order valence-electron chi connectivity index (χ4n) is 5.79. The van der Waals surface area contributed by atoms with Crippen LogP contribution in [0.15, 0.2) is 24.3 Å². The summed E-state index contributed by atoms with van der Waals surface area (Å²) in [5.74, 6) is -2.16. The minimum atomic E-state index is -1.37. The van der Waals surface area contributed by atoms with Crippen LogP contribution in [0.5, 0.6) is 5.75 Å². The Balaban J connectivity index is 1.98. The van der Waals surface area contributed by atoms with Gasteiger partial charge in [-0.3, -0.25) is 19.2 Å². The fraction of sp³-hybridized carbons (Fsp3) is 0.484. The van der Waals surface area contributed by atoms with Crippen LogP contribution in [0.2, 0.25) is 0 Å². The number of aromatic nitrogens is 1. The molecular weight excluding hydrogens is 592 g/mol. The van der Waals surface area contributed by atoms with Crippen LogP contribution in [-0.2, 0) is 55.7 Å². The van der Waals surface area contributed by atoms with Crippen LogP contribution in [-0.4, -0.2) is 66.6 Å². The van der Waals surface area contributed by atoms with E-state index in [1.54, 1.807) is 23.8 Å². The van der Waals surface area contributed by atoms with Crippen molar-refractivity contribution < 1.29 is 47.6 Å². The number of rotatable bonds is 8. The van der Waals surface area contributed by atoms with Gasteiger partial charge in [-0.2, -0.15) is 5.26 Å². The van der Waals surface area contributed by atoms with E-state index in [0.29, 0.717) is 24.2 Å². The van der Waals surface area contributed by atoms with Crippen molar-refractivity contribution in [2.24, 2.45) is 0 Å². The molecule has 2 aliphatic rings. The molecule has 0 spiro atoms. The van der Waals surface area contributed by atoms with Gasteiger partial charge in [0.2, 0.25) is 0 Å². The SMILES string of the molecule is COc1ccc(-c2c3c(n([C@@H]4O[C@@H](COC(C)=O)[C@H](OC(C)=O)[C@H](OC(C)=O)[C@@H]4OC(C)=O)c(=S)c2C#N)CCCC3)cc1. The van der Waals surface area contributed by atoms with Crippen molar-refractivity contribution in [3.8, 4) is 22.9 Å². The largest absolute Gasteiger partial charge is 0.497 e. The van der Waals surface area contributed by atoms with Gasteiger partial charge in [-0.1, -0.05) is 24.4 Å². The lowest BCUT2D eigenvalue weighted by molar-refractivity contribution is -0.269. The van der Waals surface area contributed by atoms with Crippen molar-refractivity contribution in [2.75, 3.05) is 13.7 Å². The van der Waals surface area contributed by atoms with E-state index in [-0.39, 0.29) is 16.8 Å². The minimum Gasteiger partial charge on any atom is -0.497 e. The van der Waals surface area contributed by atoms with E-state index < -0.39 is 54.5 Å². The number of nitriles is 1. The number of hydrogen-bond donors (Lipinski definition) is 0. The third-order valence-corrected chi connectivity index (χ3v) is 7.83. The Morgan fingerprint density at radius 2 is 1.50 bits per heavy atom. The summed E-state index contributed by atoms with van der Waals surface area (Å²) in [6, 6.07) is 9.58. The van der Waals surface area contributed by atoms with E-state index in [4.69, 9.17) is 40.6 Å². The number of fused-ring (bicyclic) bond motifs is 1. The summed E-state index contributed by atoms with van der Waals surface area (Å²) >= 11 is 5.95. The van der Waals surface area contributed by atoms with E-state index in [0.717, 1.165) is 43.5 Å². The van der Waals surface area contributed by atoms with Gasteiger partial charge in [0, 0.05) is 39.0 Å². The lowest BCUT2D eigenvalue weighted by Gasteiger charge is -2.46. The Morgan fingerprint density at radius 1 is 0.909 bits per heavy atom. The fourth-order valence-corrected chi connectivity index (χ4v) is 6.15. The first-order valence-corrected chi connectivity index (χ1v) is 14.5. The molecule has 0 radical (unpaired) electrons. The molecule has 1 aliphatic heterocycles. The molecule has 0 saturated carbocycles. The number of hydrogen-bond acceptors (Lipinski definition) is 12. The van der Waals surface area contributed by atoms with Crippen LogP contribution in [0.25, 0.3) is 11.1 Å². The highest BCUT2D eigenvalue weighted by Gasteiger charge is 2.53. The second-order valence-corrected chi connectivity index (χ2v) is 10.9. The Bertz CT molecular complexity index is 1540. The minimum absolute atomic E-state index is 0.111. The first-order valence-electron chi connectivity index (χ1n) is 14.1. The molecule has 1 aromatic heterocycles. The lowest BCUT2D eigenvalue weighted by atomic mass is 9.86. The number of carbonyl (C=O) groups is 4. The average Bonchev–Trinajstić information content (AvgIpc) is 2.97. The predicted octanol–water partition coefficient (Wildman–Crippen LogP) is 3.90. The van der Waals surface area contributed by atoms with Gasteiger partial charge in [0.15, 0.2) is 24.5 Å². The molecule has 0 N–H and O–H groups in total. The van der Waals surface area contributed by atoms with E-state index in [1.807, 2.05) is 12.1 Å². The Kier molecular flexibility index (Phi) is 10.4. The number of pyridine rings is 1. The molecule has 13 heteroatoms. The molecule has 0 bridgehead atoms. The Hall–Kier alpha value is -4.28. The lowest BCUT2D eigenvalue weighted by Crippen LogP contribution is -2.61. The quantitative estimate of drug-likeness (QED) is 0.237. The summed E-state index contributed by atoms with van der Waals surface area (Å²) in [6.45, 7) is 4.32. The topological polar surface area (TPSA) is 152 Å². The number of ether oxygens (including phenoxy) is 6. The second-order valence-electron chi connectivity index (χ2n) is 10.5. The van der Waals surface area contributed by atoms with Crippen molar-refractivity contribution in [1.82, 2.24) is 4.57 Å². The molecule has 1 aromatic carbocycles. The van der Waals surface area contributed by atoms with Crippen LogP contribution in [0, 0.1) is 16.0 Å². The molecule has 5 atom stereocenters. The Labute approximate surface area is 259 Å². The third kappa shape index (κ3) is 6.92. The van der Waals surface area contributed by atoms with Gasteiger partial charge < -0.3 is 33.0 Å². The summed E-state index contributed by atoms with van der Waals surface area (Å²) in [7, 11) is 1.57. The zero-order valence-corrected chi connectivity index (χ0v) is 25.9. The van der Waals surface area contributed by atoms with E-state index in [9.17, 15) is 24.4 Å². The molecule has 1 aliphatic carbocycles. The number of carbonyl (C=O) groups excluding carboxylic acids is 4. The van der Waals surface area contributed by atoms with E-state index >= 15 is 0 Å². The van der Waals surface area contributed by atoms with Crippen LogP contribution in [0.3, 0.4) is 0 Å². The molecular formula is C31H34N2O10S. The van der Waals surface area contributed by atoms with Crippen molar-refractivity contribution in [3.63, 3.8) is 0 Å². The second kappa shape index (κ2) is 14.0. The summed E-state index contributed by atoms with van der Waals surface area (Å²) in [5, 5.41) is 10.4. The number of nitrogens with zero attached hydrogens (tertiary/aromatic N) is 2. The summed E-state index contributed by atoms with van der Waals surface area (Å²) in [5.41, 5.74) is 3.31. The highest BCUT2D eigenvalue weighted by atomic mass is 32.1. The molecule has 2 aromatic rings. The molecule has 0 unspecified atom stereocenters. The van der Waals surface area contributed by atoms with Crippen LogP contribution in [0.4, 0.5) is 0 Å². The molecule has 4 rings (SSSR count). The molecule has 1 saturated heterocycles. The van der Waals surface area contributed by atoms with Gasteiger partial charge in [-0.25, -0.2) is 0 Å². The zero-order chi connectivity index (χ0) is 32.1. The molecule has 12 nitrogen and oxygen atoms in total. The van der Waals surface area contributed by atoms with Gasteiger partial charge in [0.05, 0.1) is 12.7 Å². The van der Waals surface area contributed by atoms with Crippen molar-refractivity contribution in [3.05, 3.63) is 45.7 Å². The maximum Gasteiger partial charge on any atom is 0.303 e. The van der Waals surface area contributed by atoms with Gasteiger partial charge in [0.1, 0.15) is 29.2 Å². The van der Waals surface area contributed by atoms with Crippen molar-refractivity contribution in [2.45, 2.75) is 84.0 Å². The molecule has 1 fully saturated rings. The first kappa shape index (κ1) is 32.6. The Morgan fingerprint density at radius 3 is 2.07 bits per heavy atom. The molecule has 234 valence electrons. The van der Waals surface area contributed by atoms with Gasteiger partial charge in [0.25, 0.3) is 0 Å². The third-order valence-electron chi connectivity index (χ3n) is 7.43. The summed E-state index contributed by atoms with van der Waals surface area (Å²) in [6.07, 6.45) is -3.58. The van der Waals surface area contributed by atoms with Gasteiger partial charge in [-0.15, -0.1) is 0 Å². The number of benzene rings is 1. The summed E-state index contributed by atoms with van der Waals surface area (Å²) in [4.78, 5) is 48.7. The first-order chi connectivity index (χ1) is 21.0. The molecule has 0 amide bonds. The summed E-state index contributed by atoms with van der Waals surface area (Å²) < 4.78 is 35.6.